The zero-order valence-electron chi connectivity index (χ0n) is 19.5. The first kappa shape index (κ1) is 24.0. The second-order valence-corrected chi connectivity index (χ2v) is 8.41. The van der Waals surface area contributed by atoms with E-state index >= 15 is 0 Å². The Morgan fingerprint density at radius 1 is 1.06 bits per heavy atom. The Balaban J connectivity index is 1.39. The minimum Gasteiger partial charge on any atom is -0.481 e. The standard InChI is InChI=1S/C26H27N3O6/c1-15-23(35-16(2)28-15)13-27-25(32)22(11-12-24(30)31)29-26(33)34-14-21-19-9-5-3-7-17(19)18-8-4-6-10-20(18)21/h3-10,21-22H,11-14H2,1-2H3,(H,27,32)(H,29,33)(H,30,31). The number of benzene rings is 2. The molecule has 0 aliphatic heterocycles. The minimum atomic E-state index is -1.08. The Hall–Kier alpha value is -4.14. The molecule has 0 spiro atoms. The molecule has 3 N–H and O–H groups in total. The molecule has 0 bridgehead atoms. The van der Waals surface area contributed by atoms with Gasteiger partial charge in [0.1, 0.15) is 18.4 Å². The number of alkyl carbamates (subject to hydrolysis) is 1. The number of nitrogens with one attached hydrogen (secondary N) is 2. The summed E-state index contributed by atoms with van der Waals surface area (Å²) in [5, 5.41) is 14.2. The number of aryl methyl sites for hydroxylation is 2. The number of aliphatic carboxylic acids is 1. The maximum atomic E-state index is 12.7. The van der Waals surface area contributed by atoms with E-state index in [1.54, 1.807) is 13.8 Å². The van der Waals surface area contributed by atoms with Crippen molar-refractivity contribution in [3.05, 3.63) is 77.0 Å². The molecule has 9 nitrogen and oxygen atoms in total. The lowest BCUT2D eigenvalue weighted by Gasteiger charge is -2.19. The molecule has 0 fully saturated rings. The fourth-order valence-corrected chi connectivity index (χ4v) is 4.35. The number of carboxylic acids is 1. The van der Waals surface area contributed by atoms with Crippen LogP contribution in [0.15, 0.2) is 52.9 Å². The molecule has 182 valence electrons. The molecule has 0 saturated carbocycles. The summed E-state index contributed by atoms with van der Waals surface area (Å²) in [5.74, 6) is -0.760. The number of carbonyl (C=O) groups is 3. The number of carbonyl (C=O) groups excluding carboxylic acids is 2. The van der Waals surface area contributed by atoms with Crippen molar-refractivity contribution in [2.24, 2.45) is 0 Å². The topological polar surface area (TPSA) is 131 Å². The summed E-state index contributed by atoms with van der Waals surface area (Å²) in [6.07, 6.45) is -1.16. The lowest BCUT2D eigenvalue weighted by molar-refractivity contribution is -0.137. The van der Waals surface area contributed by atoms with Gasteiger partial charge < -0.3 is 24.9 Å². The average Bonchev–Trinajstić information content (AvgIpc) is 3.34. The highest BCUT2D eigenvalue weighted by atomic mass is 16.5. The summed E-state index contributed by atoms with van der Waals surface area (Å²) >= 11 is 0. The van der Waals surface area contributed by atoms with Gasteiger partial charge in [0.15, 0.2) is 5.89 Å². The summed E-state index contributed by atoms with van der Waals surface area (Å²) in [5.41, 5.74) is 5.00. The molecule has 0 saturated heterocycles. The van der Waals surface area contributed by atoms with Gasteiger partial charge in [-0.3, -0.25) is 9.59 Å². The van der Waals surface area contributed by atoms with E-state index in [0.717, 1.165) is 22.3 Å². The number of fused-ring (bicyclic) bond motifs is 3. The van der Waals surface area contributed by atoms with Crippen LogP contribution in [0, 0.1) is 13.8 Å². The van der Waals surface area contributed by atoms with Gasteiger partial charge in [-0.1, -0.05) is 48.5 Å². The van der Waals surface area contributed by atoms with E-state index in [-0.39, 0.29) is 31.9 Å². The lowest BCUT2D eigenvalue weighted by Crippen LogP contribution is -2.47. The molecule has 1 aliphatic rings. The first-order valence-corrected chi connectivity index (χ1v) is 11.4. The number of amides is 2. The maximum absolute atomic E-state index is 12.7. The van der Waals surface area contributed by atoms with Gasteiger partial charge >= 0.3 is 12.1 Å². The Labute approximate surface area is 202 Å². The van der Waals surface area contributed by atoms with Gasteiger partial charge in [0.05, 0.1) is 12.2 Å². The fraction of sp³-hybridized carbons (Fsp3) is 0.308. The lowest BCUT2D eigenvalue weighted by atomic mass is 9.98. The molecule has 1 heterocycles. The van der Waals surface area contributed by atoms with Gasteiger partial charge in [0.25, 0.3) is 0 Å². The summed E-state index contributed by atoms with van der Waals surface area (Å²) in [7, 11) is 0. The number of rotatable bonds is 9. The van der Waals surface area contributed by atoms with Crippen LogP contribution in [0.4, 0.5) is 4.79 Å². The predicted octanol–water partition coefficient (Wildman–Crippen LogP) is 3.68. The van der Waals surface area contributed by atoms with E-state index in [9.17, 15) is 14.4 Å². The molecule has 2 amide bonds. The first-order chi connectivity index (χ1) is 16.8. The van der Waals surface area contributed by atoms with E-state index < -0.39 is 24.0 Å². The van der Waals surface area contributed by atoms with E-state index in [1.807, 2.05) is 48.5 Å². The van der Waals surface area contributed by atoms with Crippen LogP contribution in [0.2, 0.25) is 0 Å². The molecule has 1 aromatic heterocycles. The summed E-state index contributed by atoms with van der Waals surface area (Å²) in [6.45, 7) is 3.62. The van der Waals surface area contributed by atoms with Gasteiger partial charge in [-0.2, -0.15) is 0 Å². The van der Waals surface area contributed by atoms with Gasteiger partial charge in [-0.15, -0.1) is 0 Å². The summed E-state index contributed by atoms with van der Waals surface area (Å²) in [6, 6.07) is 14.9. The zero-order chi connectivity index (χ0) is 24.9. The van der Waals surface area contributed by atoms with E-state index in [4.69, 9.17) is 14.3 Å². The summed E-state index contributed by atoms with van der Waals surface area (Å²) in [4.78, 5) is 40.6. The van der Waals surface area contributed by atoms with Crippen molar-refractivity contribution in [2.75, 3.05) is 6.61 Å². The van der Waals surface area contributed by atoms with Crippen LogP contribution in [-0.2, 0) is 20.9 Å². The number of nitrogens with zero attached hydrogens (tertiary/aromatic N) is 1. The van der Waals surface area contributed by atoms with E-state index in [1.165, 1.54) is 0 Å². The van der Waals surface area contributed by atoms with Crippen LogP contribution >= 0.6 is 0 Å². The van der Waals surface area contributed by atoms with Crippen molar-refractivity contribution in [2.45, 2.75) is 45.2 Å². The highest BCUT2D eigenvalue weighted by molar-refractivity contribution is 5.86. The number of hydrogen-bond donors (Lipinski definition) is 3. The van der Waals surface area contributed by atoms with Crippen molar-refractivity contribution >= 4 is 18.0 Å². The predicted molar refractivity (Wildman–Crippen MR) is 127 cm³/mol. The van der Waals surface area contributed by atoms with Gasteiger partial charge in [0, 0.05) is 19.3 Å². The third-order valence-corrected chi connectivity index (χ3v) is 6.02. The van der Waals surface area contributed by atoms with Gasteiger partial charge in [-0.05, 0) is 35.6 Å². The molecule has 1 atom stereocenters. The Kier molecular flexibility index (Phi) is 7.14. The third kappa shape index (κ3) is 5.51. The number of aromatic nitrogens is 1. The monoisotopic (exact) mass is 477 g/mol. The van der Waals surface area contributed by atoms with E-state index in [0.29, 0.717) is 17.3 Å². The molecule has 1 unspecified atom stereocenters. The molecule has 1 aliphatic carbocycles. The van der Waals surface area contributed by atoms with Crippen molar-refractivity contribution in [1.29, 1.82) is 0 Å². The van der Waals surface area contributed by atoms with Crippen molar-refractivity contribution < 1.29 is 28.6 Å². The van der Waals surface area contributed by atoms with Gasteiger partial charge in [0.2, 0.25) is 5.91 Å². The van der Waals surface area contributed by atoms with E-state index in [2.05, 4.69) is 15.6 Å². The third-order valence-electron chi connectivity index (χ3n) is 6.02. The van der Waals surface area contributed by atoms with Crippen LogP contribution in [0.1, 0.15) is 47.2 Å². The fourth-order valence-electron chi connectivity index (χ4n) is 4.35. The maximum Gasteiger partial charge on any atom is 0.407 e. The van der Waals surface area contributed by atoms with Crippen LogP contribution in [0.25, 0.3) is 11.1 Å². The van der Waals surface area contributed by atoms with Crippen molar-refractivity contribution in [3.63, 3.8) is 0 Å². The highest BCUT2D eigenvalue weighted by Crippen LogP contribution is 2.44. The van der Waals surface area contributed by atoms with Crippen LogP contribution < -0.4 is 10.6 Å². The molecule has 35 heavy (non-hydrogen) atoms. The average molecular weight is 478 g/mol. The molecular formula is C26H27N3O6. The zero-order valence-corrected chi connectivity index (χ0v) is 19.5. The molecule has 9 heteroatoms. The second kappa shape index (κ2) is 10.4. The van der Waals surface area contributed by atoms with Crippen molar-refractivity contribution in [1.82, 2.24) is 15.6 Å². The summed E-state index contributed by atoms with van der Waals surface area (Å²) < 4.78 is 11.0. The molecular weight excluding hydrogens is 450 g/mol. The minimum absolute atomic E-state index is 0.0709. The largest absolute Gasteiger partial charge is 0.481 e. The first-order valence-electron chi connectivity index (χ1n) is 11.4. The Bertz CT molecular complexity index is 1210. The SMILES string of the molecule is Cc1nc(C)c(CNC(=O)C(CCC(=O)O)NC(=O)OCC2c3ccccc3-c3ccccc32)o1. The number of ether oxygens (including phenoxy) is 1. The number of oxazole rings is 1. The Morgan fingerprint density at radius 2 is 1.69 bits per heavy atom. The van der Waals surface area contributed by atoms with Crippen LogP contribution in [0.5, 0.6) is 0 Å². The van der Waals surface area contributed by atoms with Crippen LogP contribution in [-0.4, -0.2) is 40.7 Å². The normalized spacial score (nSPS) is 13.0. The Morgan fingerprint density at radius 3 is 2.26 bits per heavy atom. The highest BCUT2D eigenvalue weighted by Gasteiger charge is 2.30. The quantitative estimate of drug-likeness (QED) is 0.428. The number of hydrogen-bond acceptors (Lipinski definition) is 6. The smallest absolute Gasteiger partial charge is 0.407 e. The number of carboxylic acid groups (broad SMARTS) is 1. The van der Waals surface area contributed by atoms with Crippen LogP contribution in [0.3, 0.4) is 0 Å². The van der Waals surface area contributed by atoms with Gasteiger partial charge in [-0.25, -0.2) is 9.78 Å². The molecule has 2 aromatic carbocycles. The molecule has 4 rings (SSSR count). The van der Waals surface area contributed by atoms with Crippen molar-refractivity contribution in [3.8, 4) is 11.1 Å². The second-order valence-electron chi connectivity index (χ2n) is 8.41. The molecule has 3 aromatic rings. The molecule has 0 radical (unpaired) electrons.